The first-order chi connectivity index (χ1) is 8.01. The summed E-state index contributed by atoms with van der Waals surface area (Å²) in [5, 5.41) is 19.3. The van der Waals surface area contributed by atoms with E-state index in [1.54, 1.807) is 6.07 Å². The fourth-order valence-corrected chi connectivity index (χ4v) is 1.36. The Morgan fingerprint density at radius 2 is 2.00 bits per heavy atom. The molecule has 0 bridgehead atoms. The average molecular weight is 241 g/mol. The normalized spacial score (nSPS) is 13.9. The highest BCUT2D eigenvalue weighted by Gasteiger charge is 2.28. The minimum Gasteiger partial charge on any atom is -0.497 e. The van der Waals surface area contributed by atoms with Gasteiger partial charge in [0.15, 0.2) is 6.10 Å². The van der Waals surface area contributed by atoms with Gasteiger partial charge in [0.25, 0.3) is 0 Å². The second-order valence-electron chi connectivity index (χ2n) is 3.41. The lowest BCUT2D eigenvalue weighted by Gasteiger charge is -2.18. The monoisotopic (exact) mass is 241 g/mol. The molecular formula is C11H15NO5. The van der Waals surface area contributed by atoms with Gasteiger partial charge < -0.3 is 25.4 Å². The summed E-state index contributed by atoms with van der Waals surface area (Å²) >= 11 is 0. The van der Waals surface area contributed by atoms with E-state index in [9.17, 15) is 15.0 Å². The number of ether oxygens (including phenoxy) is 2. The molecule has 1 rings (SSSR count). The minimum atomic E-state index is -1.69. The van der Waals surface area contributed by atoms with Crippen LogP contribution >= 0.6 is 0 Å². The molecule has 0 saturated heterocycles. The van der Waals surface area contributed by atoms with Gasteiger partial charge in [0.1, 0.15) is 11.9 Å². The molecule has 0 aromatic heterocycles. The molecule has 0 spiro atoms. The lowest BCUT2D eigenvalue weighted by molar-refractivity contribution is -0.156. The summed E-state index contributed by atoms with van der Waals surface area (Å²) in [5.74, 6) is -0.468. The number of benzene rings is 1. The number of hydrogen-bond donors (Lipinski definition) is 3. The van der Waals surface area contributed by atoms with E-state index in [4.69, 9.17) is 10.5 Å². The van der Waals surface area contributed by atoms with Crippen LogP contribution in [0.1, 0.15) is 11.7 Å². The predicted octanol–water partition coefficient (Wildman–Crippen LogP) is -0.155. The van der Waals surface area contributed by atoms with Crippen molar-refractivity contribution in [1.29, 1.82) is 0 Å². The molecule has 0 aliphatic rings. The zero-order valence-electron chi connectivity index (χ0n) is 9.58. The summed E-state index contributed by atoms with van der Waals surface area (Å²) in [7, 11) is 2.58. The lowest BCUT2D eigenvalue weighted by Crippen LogP contribution is -2.29. The van der Waals surface area contributed by atoms with Crippen molar-refractivity contribution < 1.29 is 24.5 Å². The number of nitrogen functional groups attached to an aromatic ring is 1. The number of nitrogens with two attached hydrogens (primary N) is 1. The maximum Gasteiger partial charge on any atom is 0.337 e. The Balaban J connectivity index is 3.02. The zero-order chi connectivity index (χ0) is 13.0. The van der Waals surface area contributed by atoms with Gasteiger partial charge in [-0.2, -0.15) is 0 Å². The van der Waals surface area contributed by atoms with E-state index >= 15 is 0 Å². The van der Waals surface area contributed by atoms with Crippen molar-refractivity contribution in [3.05, 3.63) is 23.8 Å². The smallest absolute Gasteiger partial charge is 0.337 e. The molecule has 0 amide bonds. The van der Waals surface area contributed by atoms with Crippen LogP contribution in [0.25, 0.3) is 0 Å². The first-order valence-electron chi connectivity index (χ1n) is 4.88. The number of rotatable bonds is 4. The summed E-state index contributed by atoms with van der Waals surface area (Å²) in [5.41, 5.74) is 6.11. The molecule has 0 radical (unpaired) electrons. The fourth-order valence-electron chi connectivity index (χ4n) is 1.36. The Bertz CT molecular complexity index is 407. The van der Waals surface area contributed by atoms with Crippen LogP contribution < -0.4 is 10.5 Å². The summed E-state index contributed by atoms with van der Waals surface area (Å²) in [6, 6.07) is 4.57. The van der Waals surface area contributed by atoms with Crippen LogP contribution in [0, 0.1) is 0 Å². The van der Waals surface area contributed by atoms with Gasteiger partial charge in [-0.15, -0.1) is 0 Å². The number of methoxy groups -OCH3 is 2. The molecule has 2 unspecified atom stereocenters. The Kier molecular flexibility index (Phi) is 4.30. The molecule has 94 valence electrons. The third-order valence-corrected chi connectivity index (χ3v) is 2.35. The predicted molar refractivity (Wildman–Crippen MR) is 60.4 cm³/mol. The van der Waals surface area contributed by atoms with Crippen LogP contribution in [0.4, 0.5) is 5.69 Å². The van der Waals surface area contributed by atoms with Crippen LogP contribution in [0.3, 0.4) is 0 Å². The standard InChI is InChI=1S/C11H15NO5/c1-16-6-3-4-8(12)7(5-6)9(13)10(14)11(15)17-2/h3-5,9-10,13-14H,12H2,1-2H3. The van der Waals surface area contributed by atoms with Gasteiger partial charge in [-0.05, 0) is 18.2 Å². The molecule has 0 saturated carbocycles. The van der Waals surface area contributed by atoms with Crippen molar-refractivity contribution in [3.8, 4) is 5.75 Å². The van der Waals surface area contributed by atoms with Crippen LogP contribution in [0.2, 0.25) is 0 Å². The Labute approximate surface area is 98.6 Å². The molecule has 0 fully saturated rings. The molecule has 0 aliphatic carbocycles. The van der Waals surface area contributed by atoms with Crippen molar-refractivity contribution in [2.24, 2.45) is 0 Å². The van der Waals surface area contributed by atoms with E-state index in [2.05, 4.69) is 4.74 Å². The first-order valence-corrected chi connectivity index (χ1v) is 4.88. The molecular weight excluding hydrogens is 226 g/mol. The van der Waals surface area contributed by atoms with E-state index in [1.165, 1.54) is 19.2 Å². The minimum absolute atomic E-state index is 0.210. The van der Waals surface area contributed by atoms with E-state index in [0.717, 1.165) is 7.11 Å². The van der Waals surface area contributed by atoms with E-state index in [0.29, 0.717) is 5.75 Å². The van der Waals surface area contributed by atoms with Crippen molar-refractivity contribution in [2.75, 3.05) is 20.0 Å². The van der Waals surface area contributed by atoms with E-state index in [1.807, 2.05) is 0 Å². The van der Waals surface area contributed by atoms with Crippen molar-refractivity contribution >= 4 is 11.7 Å². The molecule has 1 aromatic carbocycles. The maximum atomic E-state index is 11.1. The fraction of sp³-hybridized carbons (Fsp3) is 0.364. The number of aliphatic hydroxyl groups is 2. The highest BCUT2D eigenvalue weighted by Crippen LogP contribution is 2.27. The molecule has 6 heteroatoms. The van der Waals surface area contributed by atoms with Gasteiger partial charge in [0.05, 0.1) is 14.2 Å². The Morgan fingerprint density at radius 3 is 2.53 bits per heavy atom. The van der Waals surface area contributed by atoms with Gasteiger partial charge in [-0.1, -0.05) is 0 Å². The van der Waals surface area contributed by atoms with Gasteiger partial charge >= 0.3 is 5.97 Å². The Morgan fingerprint density at radius 1 is 1.35 bits per heavy atom. The van der Waals surface area contributed by atoms with Gasteiger partial charge in [0.2, 0.25) is 0 Å². The molecule has 6 nitrogen and oxygen atoms in total. The molecule has 2 atom stereocenters. The third kappa shape index (κ3) is 2.86. The third-order valence-electron chi connectivity index (χ3n) is 2.35. The van der Waals surface area contributed by atoms with Crippen LogP contribution in [-0.2, 0) is 9.53 Å². The number of carbonyl (C=O) groups excluding carboxylic acids is 1. The second-order valence-corrected chi connectivity index (χ2v) is 3.41. The van der Waals surface area contributed by atoms with Crippen molar-refractivity contribution in [3.63, 3.8) is 0 Å². The average Bonchev–Trinajstić information content (AvgIpc) is 2.36. The molecule has 1 aromatic rings. The van der Waals surface area contributed by atoms with Crippen LogP contribution in [0.15, 0.2) is 18.2 Å². The van der Waals surface area contributed by atoms with Gasteiger partial charge in [-0.25, -0.2) is 4.79 Å². The van der Waals surface area contributed by atoms with Crippen LogP contribution in [0.5, 0.6) is 5.75 Å². The first kappa shape index (κ1) is 13.3. The van der Waals surface area contributed by atoms with Gasteiger partial charge in [0, 0.05) is 11.3 Å². The maximum absolute atomic E-state index is 11.1. The highest BCUT2D eigenvalue weighted by atomic mass is 16.5. The second kappa shape index (κ2) is 5.51. The van der Waals surface area contributed by atoms with E-state index in [-0.39, 0.29) is 11.3 Å². The van der Waals surface area contributed by atoms with Gasteiger partial charge in [-0.3, -0.25) is 0 Å². The summed E-state index contributed by atoms with van der Waals surface area (Å²) in [4.78, 5) is 11.1. The SMILES string of the molecule is COC(=O)C(O)C(O)c1cc(OC)ccc1N. The summed E-state index contributed by atoms with van der Waals surface area (Å²) in [6.45, 7) is 0. The largest absolute Gasteiger partial charge is 0.497 e. The molecule has 0 aliphatic heterocycles. The quantitative estimate of drug-likeness (QED) is 0.500. The summed E-state index contributed by atoms with van der Waals surface area (Å²) < 4.78 is 9.29. The zero-order valence-corrected chi connectivity index (χ0v) is 9.58. The number of carbonyl (C=O) groups is 1. The number of aliphatic hydroxyl groups excluding tert-OH is 2. The van der Waals surface area contributed by atoms with Crippen molar-refractivity contribution in [1.82, 2.24) is 0 Å². The number of hydrogen-bond acceptors (Lipinski definition) is 6. The van der Waals surface area contributed by atoms with Crippen molar-refractivity contribution in [2.45, 2.75) is 12.2 Å². The molecule has 17 heavy (non-hydrogen) atoms. The summed E-state index contributed by atoms with van der Waals surface area (Å²) in [6.07, 6.45) is -3.15. The van der Waals surface area contributed by atoms with E-state index < -0.39 is 18.2 Å². The lowest BCUT2D eigenvalue weighted by atomic mass is 10.0. The highest BCUT2D eigenvalue weighted by molar-refractivity contribution is 5.75. The van der Waals surface area contributed by atoms with Crippen LogP contribution in [-0.4, -0.2) is 36.5 Å². The topological polar surface area (TPSA) is 102 Å². The Hall–Kier alpha value is -1.79. The molecule has 0 heterocycles. The number of anilines is 1. The number of esters is 1. The molecule has 4 N–H and O–H groups in total.